The predicted molar refractivity (Wildman–Crippen MR) is 119 cm³/mol. The average Bonchev–Trinajstić information content (AvgIpc) is 3.12. The quantitative estimate of drug-likeness (QED) is 0.425. The lowest BCUT2D eigenvalue weighted by Crippen LogP contribution is -2.06. The molecule has 0 radical (unpaired) electrons. The molecule has 0 aliphatic rings. The van der Waals surface area contributed by atoms with Crippen molar-refractivity contribution < 1.29 is 4.74 Å². The van der Waals surface area contributed by atoms with Gasteiger partial charge in [-0.3, -0.25) is 0 Å². The zero-order chi connectivity index (χ0) is 20.4. The van der Waals surface area contributed by atoms with Gasteiger partial charge < -0.3 is 9.72 Å². The molecule has 2 aromatic heterocycles. The highest BCUT2D eigenvalue weighted by Gasteiger charge is 2.14. The third-order valence-corrected chi connectivity index (χ3v) is 4.78. The van der Waals surface area contributed by atoms with Crippen molar-refractivity contribution in [2.45, 2.75) is 40.2 Å². The van der Waals surface area contributed by atoms with Gasteiger partial charge >= 0.3 is 0 Å². The number of nitrogens with one attached hydrogen (secondary N) is 1. The van der Waals surface area contributed by atoms with Gasteiger partial charge in [0.25, 0.3) is 0 Å². The Kier molecular flexibility index (Phi) is 5.34. The number of imidazole rings is 1. The summed E-state index contributed by atoms with van der Waals surface area (Å²) in [6, 6.07) is 18.7. The van der Waals surface area contributed by atoms with Gasteiger partial charge in [-0.25, -0.2) is 9.97 Å². The number of H-pyrrole nitrogens is 1. The molecule has 1 N–H and O–H groups in total. The molecule has 4 rings (SSSR count). The maximum Gasteiger partial charge on any atom is 0.157 e. The molecule has 0 unspecified atom stereocenters. The molecule has 2 heterocycles. The summed E-state index contributed by atoms with van der Waals surface area (Å²) in [7, 11) is 0. The number of hydrogen-bond donors (Lipinski definition) is 1. The highest BCUT2D eigenvalue weighted by Crippen LogP contribution is 2.30. The minimum Gasteiger partial charge on any atom is -0.491 e. The predicted octanol–water partition coefficient (Wildman–Crippen LogP) is 6.28. The molecule has 148 valence electrons. The van der Waals surface area contributed by atoms with Gasteiger partial charge in [0.1, 0.15) is 17.1 Å². The van der Waals surface area contributed by atoms with Crippen LogP contribution in [0.3, 0.4) is 0 Å². The molecule has 0 amide bonds. The third-order valence-electron chi connectivity index (χ3n) is 4.78. The Morgan fingerprint density at radius 2 is 1.72 bits per heavy atom. The van der Waals surface area contributed by atoms with Crippen molar-refractivity contribution in [2.24, 2.45) is 5.92 Å². The fourth-order valence-corrected chi connectivity index (χ4v) is 3.55. The number of rotatable bonds is 6. The van der Waals surface area contributed by atoms with Crippen molar-refractivity contribution >= 4 is 11.2 Å². The van der Waals surface area contributed by atoms with Gasteiger partial charge in [-0.05, 0) is 55.5 Å². The Hall–Kier alpha value is -3.14. The Bertz CT molecular complexity index is 1110. The maximum absolute atomic E-state index is 5.93. The van der Waals surface area contributed by atoms with Gasteiger partial charge in [0.2, 0.25) is 0 Å². The Balaban J connectivity index is 1.78. The average molecular weight is 386 g/mol. The minimum absolute atomic E-state index is 0.129. The van der Waals surface area contributed by atoms with E-state index in [2.05, 4.69) is 60.2 Å². The second kappa shape index (κ2) is 8.08. The summed E-state index contributed by atoms with van der Waals surface area (Å²) < 4.78 is 5.93. The zero-order valence-corrected chi connectivity index (χ0v) is 17.4. The number of hydrogen-bond acceptors (Lipinski definition) is 3. The maximum atomic E-state index is 5.93. The van der Waals surface area contributed by atoms with Crippen LogP contribution >= 0.6 is 0 Å². The second-order valence-corrected chi connectivity index (χ2v) is 8.13. The molecule has 4 heteroatoms. The van der Waals surface area contributed by atoms with E-state index < -0.39 is 0 Å². The monoisotopic (exact) mass is 385 g/mol. The van der Waals surface area contributed by atoms with Gasteiger partial charge in [-0.2, -0.15) is 0 Å². The Morgan fingerprint density at radius 1 is 0.931 bits per heavy atom. The molecular formula is C25H27N3O. The third kappa shape index (κ3) is 4.32. The molecule has 29 heavy (non-hydrogen) atoms. The standard InChI is InChI=1S/C25H27N3O/c1-16(2)12-19-10-11-21(29-17(3)4)14-22(19)24-27-23-13-20(15-26-25(23)28-24)18-8-6-5-7-9-18/h5-11,13-17H,12H2,1-4H3,(H,26,27,28). The van der Waals surface area contributed by atoms with Crippen LogP contribution < -0.4 is 4.74 Å². The largest absolute Gasteiger partial charge is 0.491 e. The van der Waals surface area contributed by atoms with Crippen molar-refractivity contribution in [2.75, 3.05) is 0 Å². The summed E-state index contributed by atoms with van der Waals surface area (Å²) in [5, 5.41) is 0. The highest BCUT2D eigenvalue weighted by molar-refractivity contribution is 5.81. The topological polar surface area (TPSA) is 50.8 Å². The molecule has 0 atom stereocenters. The summed E-state index contributed by atoms with van der Waals surface area (Å²) in [6.07, 6.45) is 3.01. The first-order chi connectivity index (χ1) is 14.0. The molecule has 0 aliphatic carbocycles. The van der Waals surface area contributed by atoms with Gasteiger partial charge in [-0.1, -0.05) is 50.2 Å². The number of aromatic amines is 1. The van der Waals surface area contributed by atoms with E-state index in [0.717, 1.165) is 45.8 Å². The molecule has 0 saturated carbocycles. The summed E-state index contributed by atoms with van der Waals surface area (Å²) in [4.78, 5) is 12.9. The first-order valence-electron chi connectivity index (χ1n) is 10.2. The van der Waals surface area contributed by atoms with Gasteiger partial charge in [-0.15, -0.1) is 0 Å². The van der Waals surface area contributed by atoms with Gasteiger partial charge in [0.15, 0.2) is 5.65 Å². The SMILES string of the molecule is CC(C)Cc1ccc(OC(C)C)cc1-c1nc2cc(-c3ccccc3)cnc2[nH]1. The lowest BCUT2D eigenvalue weighted by atomic mass is 9.97. The van der Waals surface area contributed by atoms with Crippen LogP contribution in [0.1, 0.15) is 33.3 Å². The van der Waals surface area contributed by atoms with Crippen LogP contribution in [0.25, 0.3) is 33.7 Å². The van der Waals surface area contributed by atoms with Crippen molar-refractivity contribution in [3.05, 3.63) is 66.4 Å². The molecule has 0 aliphatic heterocycles. The Morgan fingerprint density at radius 3 is 2.45 bits per heavy atom. The van der Waals surface area contributed by atoms with Gasteiger partial charge in [0.05, 0.1) is 6.10 Å². The summed E-state index contributed by atoms with van der Waals surface area (Å²) in [5.41, 5.74) is 6.21. The van der Waals surface area contributed by atoms with E-state index in [1.54, 1.807) is 0 Å². The number of pyridine rings is 1. The van der Waals surface area contributed by atoms with Crippen LogP contribution in [-0.4, -0.2) is 21.1 Å². The highest BCUT2D eigenvalue weighted by atomic mass is 16.5. The first-order valence-corrected chi connectivity index (χ1v) is 10.2. The molecule has 4 nitrogen and oxygen atoms in total. The van der Waals surface area contributed by atoms with Crippen LogP contribution in [0.2, 0.25) is 0 Å². The normalized spacial score (nSPS) is 11.5. The van der Waals surface area contributed by atoms with Crippen LogP contribution in [0.4, 0.5) is 0 Å². The van der Waals surface area contributed by atoms with Crippen LogP contribution in [0.5, 0.6) is 5.75 Å². The number of nitrogens with zero attached hydrogens (tertiary/aromatic N) is 2. The molecule has 0 spiro atoms. The summed E-state index contributed by atoms with van der Waals surface area (Å²) in [5.74, 6) is 2.25. The number of ether oxygens (including phenoxy) is 1. The molecular weight excluding hydrogens is 358 g/mol. The Labute approximate surface area is 172 Å². The lowest BCUT2D eigenvalue weighted by Gasteiger charge is -2.14. The van der Waals surface area contributed by atoms with E-state index in [1.165, 1.54) is 5.56 Å². The molecule has 0 saturated heterocycles. The molecule has 4 aromatic rings. The van der Waals surface area contributed by atoms with E-state index in [0.29, 0.717) is 5.92 Å². The van der Waals surface area contributed by atoms with Crippen LogP contribution in [0.15, 0.2) is 60.8 Å². The van der Waals surface area contributed by atoms with E-state index in [4.69, 9.17) is 9.72 Å². The number of benzene rings is 2. The van der Waals surface area contributed by atoms with Crippen molar-refractivity contribution in [3.63, 3.8) is 0 Å². The smallest absolute Gasteiger partial charge is 0.157 e. The summed E-state index contributed by atoms with van der Waals surface area (Å²) in [6.45, 7) is 8.54. The van der Waals surface area contributed by atoms with Crippen molar-refractivity contribution in [1.29, 1.82) is 0 Å². The zero-order valence-electron chi connectivity index (χ0n) is 17.4. The fraction of sp³-hybridized carbons (Fsp3) is 0.280. The van der Waals surface area contributed by atoms with Crippen LogP contribution in [-0.2, 0) is 6.42 Å². The fourth-order valence-electron chi connectivity index (χ4n) is 3.55. The minimum atomic E-state index is 0.129. The van der Waals surface area contributed by atoms with E-state index >= 15 is 0 Å². The number of aromatic nitrogens is 3. The molecule has 0 bridgehead atoms. The first kappa shape index (κ1) is 19.2. The summed E-state index contributed by atoms with van der Waals surface area (Å²) >= 11 is 0. The van der Waals surface area contributed by atoms with E-state index in [1.807, 2.05) is 38.2 Å². The van der Waals surface area contributed by atoms with E-state index in [-0.39, 0.29) is 6.10 Å². The van der Waals surface area contributed by atoms with Crippen LogP contribution in [0, 0.1) is 5.92 Å². The van der Waals surface area contributed by atoms with Gasteiger partial charge in [0, 0.05) is 17.3 Å². The molecule has 2 aromatic carbocycles. The van der Waals surface area contributed by atoms with Crippen molar-refractivity contribution in [3.8, 4) is 28.3 Å². The van der Waals surface area contributed by atoms with E-state index in [9.17, 15) is 0 Å². The lowest BCUT2D eigenvalue weighted by molar-refractivity contribution is 0.242. The number of fused-ring (bicyclic) bond motifs is 1. The molecule has 0 fully saturated rings. The van der Waals surface area contributed by atoms with Crippen molar-refractivity contribution in [1.82, 2.24) is 15.0 Å². The second-order valence-electron chi connectivity index (χ2n) is 8.13.